The first-order valence-corrected chi connectivity index (χ1v) is 9.64. The molecule has 0 radical (unpaired) electrons. The molecule has 0 aliphatic carbocycles. The van der Waals surface area contributed by atoms with Crippen molar-refractivity contribution in [3.8, 4) is 0 Å². The van der Waals surface area contributed by atoms with E-state index in [1.165, 1.54) is 48.3 Å². The lowest BCUT2D eigenvalue weighted by Gasteiger charge is -2.48. The maximum absolute atomic E-state index is 13.5. The summed E-state index contributed by atoms with van der Waals surface area (Å²) >= 11 is 0. The molecule has 1 unspecified atom stereocenters. The van der Waals surface area contributed by atoms with Crippen molar-refractivity contribution in [2.24, 2.45) is 0 Å². The predicted octanol–water partition coefficient (Wildman–Crippen LogP) is 2.60. The van der Waals surface area contributed by atoms with E-state index in [1.54, 1.807) is 50.3 Å². The second-order valence-electron chi connectivity index (χ2n) is 7.27. The Morgan fingerprint density at radius 1 is 0.781 bits per heavy atom. The van der Waals surface area contributed by atoms with E-state index in [-0.39, 0.29) is 0 Å². The number of carbonyl (C=O) groups is 4. The van der Waals surface area contributed by atoms with Gasteiger partial charge >= 0.3 is 24.0 Å². The zero-order chi connectivity index (χ0) is 23.6. The van der Waals surface area contributed by atoms with Crippen LogP contribution in [0.3, 0.4) is 0 Å². The normalized spacial score (nSPS) is 16.4. The highest BCUT2D eigenvalue weighted by atomic mass is 16.5. The summed E-state index contributed by atoms with van der Waals surface area (Å²) in [6.45, 7) is 0. The molecule has 3 rings (SSSR count). The third-order valence-corrected chi connectivity index (χ3v) is 5.04. The average molecular weight is 440 g/mol. The third-order valence-electron chi connectivity index (χ3n) is 5.04. The van der Waals surface area contributed by atoms with Gasteiger partial charge < -0.3 is 9.47 Å². The summed E-state index contributed by atoms with van der Waals surface area (Å²) in [5.41, 5.74) is 1.41. The fraction of sp³-hybridized carbons (Fsp3) is 0.273. The Bertz CT molecular complexity index is 1040. The number of rotatable bonds is 5. The maximum atomic E-state index is 13.5. The summed E-state index contributed by atoms with van der Waals surface area (Å²) < 4.78 is 9.41. The van der Waals surface area contributed by atoms with Crippen LogP contribution in [0.1, 0.15) is 20.7 Å². The van der Waals surface area contributed by atoms with Gasteiger partial charge in [-0.2, -0.15) is 0 Å². The van der Waals surface area contributed by atoms with Crippen LogP contribution >= 0.6 is 0 Å². The summed E-state index contributed by atoms with van der Waals surface area (Å²) in [4.78, 5) is 55.7. The van der Waals surface area contributed by atoms with Gasteiger partial charge in [0.15, 0.2) is 6.29 Å². The third kappa shape index (κ3) is 4.00. The van der Waals surface area contributed by atoms with E-state index in [2.05, 4.69) is 4.74 Å². The Morgan fingerprint density at radius 3 is 1.62 bits per heavy atom. The van der Waals surface area contributed by atoms with Gasteiger partial charge in [-0.1, -0.05) is 0 Å². The number of methoxy groups -OCH3 is 2. The summed E-state index contributed by atoms with van der Waals surface area (Å²) in [5.74, 6) is -1.02. The topological polar surface area (TPSA) is 99.7 Å². The average Bonchev–Trinajstić information content (AvgIpc) is 2.80. The number of nitrogens with zero attached hydrogens (tertiary/aromatic N) is 4. The summed E-state index contributed by atoms with van der Waals surface area (Å²) in [5, 5.41) is 0. The number of anilines is 2. The van der Waals surface area contributed by atoms with Crippen molar-refractivity contribution in [3.05, 3.63) is 59.7 Å². The molecule has 0 N–H and O–H groups in total. The Kier molecular flexibility index (Phi) is 6.45. The highest BCUT2D eigenvalue weighted by Gasteiger charge is 2.45. The van der Waals surface area contributed by atoms with E-state index in [0.717, 1.165) is 4.90 Å². The minimum atomic E-state index is -0.704. The van der Waals surface area contributed by atoms with Crippen molar-refractivity contribution >= 4 is 35.4 Å². The molecule has 1 aliphatic heterocycles. The summed E-state index contributed by atoms with van der Waals surface area (Å²) in [6, 6.07) is 11.2. The number of hydrogen-bond acceptors (Lipinski definition) is 7. The lowest BCUT2D eigenvalue weighted by molar-refractivity contribution is 0.0592. The highest BCUT2D eigenvalue weighted by molar-refractivity contribution is 6.21. The van der Waals surface area contributed by atoms with Gasteiger partial charge in [-0.3, -0.25) is 14.7 Å². The molecule has 1 atom stereocenters. The van der Waals surface area contributed by atoms with Crippen LogP contribution in [-0.4, -0.2) is 75.5 Å². The van der Waals surface area contributed by atoms with Crippen molar-refractivity contribution in [1.82, 2.24) is 9.80 Å². The van der Waals surface area contributed by atoms with Gasteiger partial charge in [0, 0.05) is 12.7 Å². The monoisotopic (exact) mass is 440 g/mol. The molecule has 0 bridgehead atoms. The number of imide groups is 1. The van der Waals surface area contributed by atoms with Crippen molar-refractivity contribution in [3.63, 3.8) is 0 Å². The Morgan fingerprint density at radius 2 is 1.22 bits per heavy atom. The summed E-state index contributed by atoms with van der Waals surface area (Å²) in [6.07, 6.45) is -0.704. The Balaban J connectivity index is 2.03. The second kappa shape index (κ2) is 9.06. The maximum Gasteiger partial charge on any atom is 0.340 e. The van der Waals surface area contributed by atoms with Crippen LogP contribution in [0.5, 0.6) is 0 Å². The first-order chi connectivity index (χ1) is 15.2. The number of ether oxygens (including phenoxy) is 2. The Labute approximate surface area is 185 Å². The van der Waals surface area contributed by atoms with Crippen LogP contribution in [-0.2, 0) is 9.47 Å². The molecule has 0 spiro atoms. The minimum Gasteiger partial charge on any atom is -0.465 e. The summed E-state index contributed by atoms with van der Waals surface area (Å²) in [7, 11) is 7.64. The smallest absolute Gasteiger partial charge is 0.340 e. The quantitative estimate of drug-likeness (QED) is 0.659. The van der Waals surface area contributed by atoms with E-state index in [0.29, 0.717) is 22.5 Å². The first kappa shape index (κ1) is 22.8. The molecule has 1 aliphatic rings. The molecule has 32 heavy (non-hydrogen) atoms. The predicted molar refractivity (Wildman–Crippen MR) is 117 cm³/mol. The molecular weight excluding hydrogens is 416 g/mol. The number of carbonyl (C=O) groups excluding carboxylic acids is 4. The fourth-order valence-corrected chi connectivity index (χ4v) is 3.50. The fourth-order valence-electron chi connectivity index (χ4n) is 3.50. The van der Waals surface area contributed by atoms with E-state index < -0.39 is 30.3 Å². The molecule has 168 valence electrons. The molecular formula is C22H24N4O6. The van der Waals surface area contributed by atoms with Crippen LogP contribution in [0.4, 0.5) is 21.0 Å². The molecule has 4 amide bonds. The molecule has 1 heterocycles. The van der Waals surface area contributed by atoms with Crippen molar-refractivity contribution in [2.45, 2.75) is 6.29 Å². The molecule has 10 nitrogen and oxygen atoms in total. The van der Waals surface area contributed by atoms with Crippen molar-refractivity contribution in [2.75, 3.05) is 45.2 Å². The molecule has 0 saturated carbocycles. The highest BCUT2D eigenvalue weighted by Crippen LogP contribution is 2.30. The number of urea groups is 2. The van der Waals surface area contributed by atoms with E-state index in [4.69, 9.17) is 4.74 Å². The molecule has 1 fully saturated rings. The zero-order valence-corrected chi connectivity index (χ0v) is 18.4. The molecule has 2 aromatic carbocycles. The van der Waals surface area contributed by atoms with Gasteiger partial charge in [0.25, 0.3) is 0 Å². The van der Waals surface area contributed by atoms with Crippen molar-refractivity contribution < 1.29 is 28.7 Å². The molecule has 0 aromatic heterocycles. The van der Waals surface area contributed by atoms with Crippen LogP contribution in [0.15, 0.2) is 48.5 Å². The number of amides is 4. The van der Waals surface area contributed by atoms with Gasteiger partial charge in [0.2, 0.25) is 0 Å². The van der Waals surface area contributed by atoms with E-state index in [9.17, 15) is 19.2 Å². The van der Waals surface area contributed by atoms with Gasteiger partial charge in [0.05, 0.1) is 31.0 Å². The second-order valence-corrected chi connectivity index (χ2v) is 7.27. The minimum absolute atomic E-state index is 0.294. The van der Waals surface area contributed by atoms with Gasteiger partial charge in [-0.05, 0) is 62.6 Å². The van der Waals surface area contributed by atoms with Crippen LogP contribution in [0.2, 0.25) is 0 Å². The van der Waals surface area contributed by atoms with Gasteiger partial charge in [0.1, 0.15) is 0 Å². The van der Waals surface area contributed by atoms with E-state index in [1.807, 2.05) is 0 Å². The standard InChI is InChI=1S/C22H24N4O6/c1-23(2)20-24(3)21(29)26(17-12-8-15(9-13-17)19(28)32-5)22(30)25(20)16-10-6-14(7-11-16)18(27)31-4/h6-13,20H,1-5H3. The van der Waals surface area contributed by atoms with Gasteiger partial charge in [-0.15, -0.1) is 0 Å². The SMILES string of the molecule is COC(=O)c1ccc(N2C(=O)N(C)C(N(C)C)N(c3ccc(C(=O)OC)cc3)C2=O)cc1. The molecule has 2 aromatic rings. The van der Waals surface area contributed by atoms with Crippen LogP contribution in [0, 0.1) is 0 Å². The zero-order valence-electron chi connectivity index (χ0n) is 18.4. The lowest BCUT2D eigenvalue weighted by atomic mass is 10.1. The molecule has 10 heteroatoms. The molecule has 1 saturated heterocycles. The number of esters is 2. The number of benzene rings is 2. The largest absolute Gasteiger partial charge is 0.465 e. The number of hydrogen-bond donors (Lipinski definition) is 0. The van der Waals surface area contributed by atoms with E-state index >= 15 is 0 Å². The van der Waals surface area contributed by atoms with Crippen LogP contribution in [0.25, 0.3) is 0 Å². The Hall–Kier alpha value is -3.92. The van der Waals surface area contributed by atoms with Crippen molar-refractivity contribution in [1.29, 1.82) is 0 Å². The lowest BCUT2D eigenvalue weighted by Crippen LogP contribution is -2.69. The first-order valence-electron chi connectivity index (χ1n) is 9.64. The van der Waals surface area contributed by atoms with Gasteiger partial charge in [-0.25, -0.2) is 24.1 Å². The van der Waals surface area contributed by atoms with Crippen LogP contribution < -0.4 is 9.80 Å².